The first-order valence-electron chi connectivity index (χ1n) is 10.7. The van der Waals surface area contributed by atoms with Gasteiger partial charge in [-0.25, -0.2) is 8.51 Å². The highest BCUT2D eigenvalue weighted by Gasteiger charge is 2.48. The SMILES string of the molecule is CS(=O)N1CC=C(c2ccc(OCC3CCN(CC(C)(C)C(F)(F)F)CC3)cn2)CC1.O. The van der Waals surface area contributed by atoms with E-state index < -0.39 is 22.6 Å². The van der Waals surface area contributed by atoms with Gasteiger partial charge in [0.05, 0.1) is 34.9 Å². The Bertz CT molecular complexity index is 792. The molecule has 182 valence electrons. The van der Waals surface area contributed by atoms with Crippen LogP contribution in [-0.2, 0) is 11.0 Å². The average Bonchev–Trinajstić information content (AvgIpc) is 2.73. The van der Waals surface area contributed by atoms with Crippen LogP contribution in [0, 0.1) is 11.3 Å². The van der Waals surface area contributed by atoms with Crippen LogP contribution in [-0.4, -0.2) is 75.6 Å². The summed E-state index contributed by atoms with van der Waals surface area (Å²) in [6, 6.07) is 3.86. The van der Waals surface area contributed by atoms with Crippen LogP contribution in [0.4, 0.5) is 13.2 Å². The number of rotatable bonds is 7. The number of piperidine rings is 1. The Hall–Kier alpha value is -1.49. The number of pyridine rings is 1. The van der Waals surface area contributed by atoms with Crippen molar-refractivity contribution >= 4 is 16.6 Å². The first-order valence-corrected chi connectivity index (χ1v) is 12.2. The smallest absolute Gasteiger partial charge is 0.395 e. The van der Waals surface area contributed by atoms with Crippen LogP contribution in [0.25, 0.3) is 5.57 Å². The van der Waals surface area contributed by atoms with Crippen LogP contribution in [0.3, 0.4) is 0 Å². The third-order valence-corrected chi connectivity index (χ3v) is 7.24. The summed E-state index contributed by atoms with van der Waals surface area (Å²) < 4.78 is 58.6. The van der Waals surface area contributed by atoms with E-state index in [0.717, 1.165) is 37.1 Å². The number of halogens is 3. The zero-order valence-corrected chi connectivity index (χ0v) is 19.8. The maximum Gasteiger partial charge on any atom is 0.395 e. The van der Waals surface area contributed by atoms with Gasteiger partial charge in [-0.2, -0.15) is 13.2 Å². The fourth-order valence-electron chi connectivity index (χ4n) is 3.95. The van der Waals surface area contributed by atoms with Gasteiger partial charge in [0.15, 0.2) is 0 Å². The molecule has 1 saturated heterocycles. The first kappa shape index (κ1) is 26.8. The first-order chi connectivity index (χ1) is 14.5. The lowest BCUT2D eigenvalue weighted by molar-refractivity contribution is -0.217. The summed E-state index contributed by atoms with van der Waals surface area (Å²) in [5.74, 6) is 1.05. The van der Waals surface area contributed by atoms with E-state index in [9.17, 15) is 17.4 Å². The lowest BCUT2D eigenvalue weighted by atomic mass is 9.89. The maximum absolute atomic E-state index is 13.1. The second-order valence-corrected chi connectivity index (χ2v) is 10.4. The Morgan fingerprint density at radius 3 is 2.38 bits per heavy atom. The normalized spacial score (nSPS) is 20.4. The van der Waals surface area contributed by atoms with Gasteiger partial charge in [0, 0.05) is 25.9 Å². The van der Waals surface area contributed by atoms with Gasteiger partial charge < -0.3 is 15.1 Å². The fourth-order valence-corrected chi connectivity index (χ4v) is 4.58. The third-order valence-electron chi connectivity index (χ3n) is 6.18. The van der Waals surface area contributed by atoms with Crippen molar-refractivity contribution in [2.45, 2.75) is 39.3 Å². The Balaban J connectivity index is 0.00000363. The number of ether oxygens (including phenoxy) is 1. The van der Waals surface area contributed by atoms with Crippen LogP contribution < -0.4 is 4.74 Å². The lowest BCUT2D eigenvalue weighted by Crippen LogP contribution is -2.46. The fraction of sp³-hybridized carbons (Fsp3) is 0.682. The lowest BCUT2D eigenvalue weighted by Gasteiger charge is -2.38. The molecule has 6 nitrogen and oxygen atoms in total. The second-order valence-electron chi connectivity index (χ2n) is 9.08. The summed E-state index contributed by atoms with van der Waals surface area (Å²) in [4.78, 5) is 6.42. The third kappa shape index (κ3) is 7.00. The molecule has 0 radical (unpaired) electrons. The highest BCUT2D eigenvalue weighted by molar-refractivity contribution is 7.81. The Morgan fingerprint density at radius 1 is 1.19 bits per heavy atom. The molecule has 1 aromatic heterocycles. The molecule has 2 aliphatic rings. The van der Waals surface area contributed by atoms with Crippen molar-refractivity contribution in [1.82, 2.24) is 14.2 Å². The largest absolute Gasteiger partial charge is 0.492 e. The molecular formula is C22H34F3N3O3S. The van der Waals surface area contributed by atoms with Gasteiger partial charge in [-0.3, -0.25) is 4.98 Å². The molecule has 1 atom stereocenters. The number of hydrogen-bond acceptors (Lipinski definition) is 4. The van der Waals surface area contributed by atoms with Gasteiger partial charge in [-0.05, 0) is 69.8 Å². The van der Waals surface area contributed by atoms with E-state index in [-0.39, 0.29) is 12.0 Å². The molecule has 0 amide bonds. The van der Waals surface area contributed by atoms with Crippen molar-refractivity contribution in [3.8, 4) is 5.75 Å². The number of aromatic nitrogens is 1. The van der Waals surface area contributed by atoms with Crippen molar-refractivity contribution < 1.29 is 27.6 Å². The number of likely N-dealkylation sites (tertiary alicyclic amines) is 1. The van der Waals surface area contributed by atoms with E-state index >= 15 is 0 Å². The monoisotopic (exact) mass is 477 g/mol. The molecule has 0 aromatic carbocycles. The van der Waals surface area contributed by atoms with Crippen LogP contribution >= 0.6 is 0 Å². The summed E-state index contributed by atoms with van der Waals surface area (Å²) in [6.07, 6.45) is 3.78. The van der Waals surface area contributed by atoms with Gasteiger partial charge in [-0.15, -0.1) is 0 Å². The molecule has 2 aliphatic heterocycles. The zero-order chi connectivity index (χ0) is 22.6. The van der Waals surface area contributed by atoms with E-state index in [4.69, 9.17) is 4.74 Å². The van der Waals surface area contributed by atoms with Crippen molar-refractivity contribution in [3.05, 3.63) is 30.1 Å². The summed E-state index contributed by atoms with van der Waals surface area (Å²) in [5, 5.41) is 0. The Labute approximate surface area is 190 Å². The summed E-state index contributed by atoms with van der Waals surface area (Å²) >= 11 is 0. The van der Waals surface area contributed by atoms with Crippen LogP contribution in [0.15, 0.2) is 24.4 Å². The van der Waals surface area contributed by atoms with E-state index in [2.05, 4.69) is 11.1 Å². The number of hydrogen-bond donors (Lipinski definition) is 0. The van der Waals surface area contributed by atoms with Crippen molar-refractivity contribution in [1.29, 1.82) is 0 Å². The van der Waals surface area contributed by atoms with E-state index in [1.165, 1.54) is 13.8 Å². The zero-order valence-electron chi connectivity index (χ0n) is 19.0. The maximum atomic E-state index is 13.1. The topological polar surface area (TPSA) is 77.2 Å². The summed E-state index contributed by atoms with van der Waals surface area (Å²) in [6.45, 7) is 5.88. The quantitative estimate of drug-likeness (QED) is 0.604. The minimum atomic E-state index is -4.19. The standard InChI is InChI=1S/C22H32F3N3O2S.H2O/c1-21(2,22(23,24)25)16-27-10-6-17(7-11-27)15-30-19-4-5-20(26-14-19)18-8-12-28(13-9-18)31(3)29;/h4-5,8,14,17H,6-7,9-13,15-16H2,1-3H3;1H2. The van der Waals surface area contributed by atoms with E-state index in [0.29, 0.717) is 37.9 Å². The molecule has 3 rings (SSSR count). The molecule has 32 heavy (non-hydrogen) atoms. The molecule has 0 saturated carbocycles. The van der Waals surface area contributed by atoms with Crippen LogP contribution in [0.5, 0.6) is 5.75 Å². The van der Waals surface area contributed by atoms with Crippen molar-refractivity contribution in [3.63, 3.8) is 0 Å². The summed E-state index contributed by atoms with van der Waals surface area (Å²) in [5.41, 5.74) is 0.376. The molecule has 3 heterocycles. The van der Waals surface area contributed by atoms with Crippen molar-refractivity contribution in [2.24, 2.45) is 11.3 Å². The number of nitrogens with zero attached hydrogens (tertiary/aromatic N) is 3. The number of alkyl halides is 3. The molecule has 10 heteroatoms. The minimum absolute atomic E-state index is 0. The molecule has 0 aliphatic carbocycles. The molecule has 1 unspecified atom stereocenters. The van der Waals surface area contributed by atoms with Crippen LogP contribution in [0.2, 0.25) is 0 Å². The average molecular weight is 478 g/mol. The predicted octanol–water partition coefficient (Wildman–Crippen LogP) is 3.32. The summed E-state index contributed by atoms with van der Waals surface area (Å²) in [7, 11) is -0.949. The second kappa shape index (κ2) is 11.1. The van der Waals surface area contributed by atoms with Gasteiger partial charge >= 0.3 is 6.18 Å². The Kier molecular flexibility index (Phi) is 9.27. The minimum Gasteiger partial charge on any atom is -0.492 e. The molecular weight excluding hydrogens is 443 g/mol. The molecule has 0 spiro atoms. The van der Waals surface area contributed by atoms with E-state index in [1.807, 2.05) is 21.3 Å². The van der Waals surface area contributed by atoms with Gasteiger partial charge in [-0.1, -0.05) is 6.08 Å². The highest BCUT2D eigenvalue weighted by Crippen LogP contribution is 2.38. The molecule has 0 bridgehead atoms. The van der Waals surface area contributed by atoms with Gasteiger partial charge in [0.25, 0.3) is 0 Å². The Morgan fingerprint density at radius 2 is 1.88 bits per heavy atom. The van der Waals surface area contributed by atoms with E-state index in [1.54, 1.807) is 12.5 Å². The highest BCUT2D eigenvalue weighted by atomic mass is 32.2. The molecule has 1 fully saturated rings. The molecule has 1 aromatic rings. The molecule has 2 N–H and O–H groups in total. The van der Waals surface area contributed by atoms with Crippen molar-refractivity contribution in [2.75, 3.05) is 45.6 Å². The van der Waals surface area contributed by atoms with Gasteiger partial charge in [0.1, 0.15) is 5.75 Å². The van der Waals surface area contributed by atoms with Crippen LogP contribution in [0.1, 0.15) is 38.8 Å². The van der Waals surface area contributed by atoms with Gasteiger partial charge in [0.2, 0.25) is 0 Å². The predicted molar refractivity (Wildman–Crippen MR) is 121 cm³/mol.